The van der Waals surface area contributed by atoms with Crippen molar-refractivity contribution in [2.45, 2.75) is 17.7 Å². The largest absolute Gasteiger partial charge is 0.480 e. The lowest BCUT2D eigenvalue weighted by atomic mass is 9.98. The Hall–Kier alpha value is -2.53. The number of rotatable bonds is 6. The van der Waals surface area contributed by atoms with Crippen molar-refractivity contribution in [2.75, 3.05) is 26.7 Å². The summed E-state index contributed by atoms with van der Waals surface area (Å²) in [7, 11) is -2.53. The summed E-state index contributed by atoms with van der Waals surface area (Å²) in [5, 5.41) is 19.5. The van der Waals surface area contributed by atoms with Gasteiger partial charge in [-0.15, -0.1) is 0 Å². The first kappa shape index (κ1) is 19.8. The van der Waals surface area contributed by atoms with Gasteiger partial charge in [0.25, 0.3) is 5.69 Å². The van der Waals surface area contributed by atoms with Crippen LogP contribution in [0.15, 0.2) is 29.2 Å². The fourth-order valence-electron chi connectivity index (χ4n) is 2.84. The summed E-state index contributed by atoms with van der Waals surface area (Å²) in [5.41, 5.74) is -0.217. The van der Waals surface area contributed by atoms with Gasteiger partial charge in [-0.05, 0) is 25.0 Å². The maximum absolute atomic E-state index is 12.7. The number of likely N-dealkylation sites (N-methyl/N-ethyl adjacent to an activating group) is 1. The van der Waals surface area contributed by atoms with Gasteiger partial charge >= 0.3 is 5.97 Å². The van der Waals surface area contributed by atoms with Crippen LogP contribution in [0.4, 0.5) is 5.69 Å². The molecule has 1 aliphatic rings. The third-order valence-electron chi connectivity index (χ3n) is 4.17. The van der Waals surface area contributed by atoms with Gasteiger partial charge in [-0.2, -0.15) is 4.31 Å². The highest BCUT2D eigenvalue weighted by Crippen LogP contribution is 2.26. The highest BCUT2D eigenvalue weighted by atomic mass is 32.2. The van der Waals surface area contributed by atoms with Crippen LogP contribution < -0.4 is 0 Å². The van der Waals surface area contributed by atoms with Gasteiger partial charge in [-0.3, -0.25) is 19.7 Å². The number of hydrogen-bond acceptors (Lipinski definition) is 6. The van der Waals surface area contributed by atoms with E-state index in [-0.39, 0.29) is 23.7 Å². The molecule has 1 saturated heterocycles. The molecule has 1 amide bonds. The Morgan fingerprint density at radius 2 is 1.96 bits per heavy atom. The number of amides is 1. The smallest absolute Gasteiger partial charge is 0.323 e. The molecule has 1 fully saturated rings. The molecule has 10 nitrogen and oxygen atoms in total. The number of benzene rings is 1. The molecule has 142 valence electrons. The Kier molecular flexibility index (Phi) is 5.93. The fourth-order valence-corrected chi connectivity index (χ4v) is 4.37. The van der Waals surface area contributed by atoms with E-state index < -0.39 is 39.3 Å². The zero-order valence-corrected chi connectivity index (χ0v) is 14.9. The van der Waals surface area contributed by atoms with E-state index in [1.54, 1.807) is 0 Å². The highest BCUT2D eigenvalue weighted by molar-refractivity contribution is 7.89. The Bertz CT molecular complexity index is 807. The Morgan fingerprint density at radius 1 is 1.35 bits per heavy atom. The normalized spacial score (nSPS) is 18.3. The lowest BCUT2D eigenvalue weighted by Gasteiger charge is -2.32. The summed E-state index contributed by atoms with van der Waals surface area (Å²) in [6.07, 6.45) is 0.929. The number of nitro groups is 1. The number of carboxylic acid groups (broad SMARTS) is 1. The van der Waals surface area contributed by atoms with Crippen LogP contribution in [-0.4, -0.2) is 66.2 Å². The third kappa shape index (κ3) is 4.35. The highest BCUT2D eigenvalue weighted by Gasteiger charge is 2.34. The SMILES string of the molecule is CN(CC(=O)O)C(=O)C1CCCN(S(=O)(=O)c2ccc([N+](=O)[O-])cc2)C1. The molecule has 0 aromatic heterocycles. The van der Waals surface area contributed by atoms with Gasteiger partial charge in [-0.25, -0.2) is 8.42 Å². The minimum absolute atomic E-state index is 0.0535. The number of sulfonamides is 1. The number of piperidine rings is 1. The van der Waals surface area contributed by atoms with Gasteiger partial charge in [0.1, 0.15) is 6.54 Å². The number of hydrogen-bond donors (Lipinski definition) is 1. The quantitative estimate of drug-likeness (QED) is 0.557. The molecule has 0 spiro atoms. The molecule has 1 unspecified atom stereocenters. The van der Waals surface area contributed by atoms with E-state index in [2.05, 4.69) is 0 Å². The van der Waals surface area contributed by atoms with Gasteiger partial charge < -0.3 is 10.0 Å². The molecule has 0 radical (unpaired) electrons. The molecule has 1 N–H and O–H groups in total. The Morgan fingerprint density at radius 3 is 2.50 bits per heavy atom. The molecule has 1 aromatic rings. The number of carbonyl (C=O) groups excluding carboxylic acids is 1. The number of carbonyl (C=O) groups is 2. The minimum atomic E-state index is -3.90. The monoisotopic (exact) mass is 385 g/mol. The molecule has 1 atom stereocenters. The molecule has 26 heavy (non-hydrogen) atoms. The van der Waals surface area contributed by atoms with Crippen molar-refractivity contribution in [3.05, 3.63) is 34.4 Å². The first-order valence-corrected chi connectivity index (χ1v) is 9.28. The lowest BCUT2D eigenvalue weighted by Crippen LogP contribution is -2.46. The topological polar surface area (TPSA) is 138 Å². The van der Waals surface area contributed by atoms with Gasteiger partial charge in [0.15, 0.2) is 0 Å². The number of nitro benzene ring substituents is 1. The predicted octanol–water partition coefficient (Wildman–Crippen LogP) is 0.538. The standard InChI is InChI=1S/C15H19N3O7S/c1-16(10-14(19)20)15(21)11-3-2-8-17(9-11)26(24,25)13-6-4-12(5-7-13)18(22)23/h4-7,11H,2-3,8-10H2,1H3,(H,19,20). The van der Waals surface area contributed by atoms with Crippen LogP contribution in [0.25, 0.3) is 0 Å². The minimum Gasteiger partial charge on any atom is -0.480 e. The first-order chi connectivity index (χ1) is 12.1. The second-order valence-electron chi connectivity index (χ2n) is 6.04. The molecular weight excluding hydrogens is 366 g/mol. The zero-order chi connectivity index (χ0) is 19.5. The molecule has 0 saturated carbocycles. The van der Waals surface area contributed by atoms with Gasteiger partial charge in [0, 0.05) is 32.3 Å². The summed E-state index contributed by atoms with van der Waals surface area (Å²) in [4.78, 5) is 34.1. The summed E-state index contributed by atoms with van der Waals surface area (Å²) < 4.78 is 26.6. The molecule has 1 aliphatic heterocycles. The van der Waals surface area contributed by atoms with Crippen LogP contribution in [0.5, 0.6) is 0 Å². The van der Waals surface area contributed by atoms with Crippen molar-refractivity contribution < 1.29 is 28.0 Å². The lowest BCUT2D eigenvalue weighted by molar-refractivity contribution is -0.384. The van der Waals surface area contributed by atoms with Crippen LogP contribution in [0.3, 0.4) is 0 Å². The molecule has 0 bridgehead atoms. The Labute approximate surface area is 150 Å². The van der Waals surface area contributed by atoms with Gasteiger partial charge in [-0.1, -0.05) is 0 Å². The third-order valence-corrected chi connectivity index (χ3v) is 6.05. The van der Waals surface area contributed by atoms with E-state index in [9.17, 15) is 28.1 Å². The van der Waals surface area contributed by atoms with Gasteiger partial charge in [0.2, 0.25) is 15.9 Å². The summed E-state index contributed by atoms with van der Waals surface area (Å²) in [5.74, 6) is -2.19. The van der Waals surface area contributed by atoms with Crippen LogP contribution >= 0.6 is 0 Å². The van der Waals surface area contributed by atoms with Crippen molar-refractivity contribution in [2.24, 2.45) is 5.92 Å². The van der Waals surface area contributed by atoms with E-state index in [1.807, 2.05) is 0 Å². The molecule has 2 rings (SSSR count). The number of non-ortho nitro benzene ring substituents is 1. The van der Waals surface area contributed by atoms with Crippen molar-refractivity contribution in [3.63, 3.8) is 0 Å². The van der Waals surface area contributed by atoms with Crippen LogP contribution in [0.1, 0.15) is 12.8 Å². The van der Waals surface area contributed by atoms with Crippen LogP contribution in [0.2, 0.25) is 0 Å². The van der Waals surface area contributed by atoms with Crippen molar-refractivity contribution >= 4 is 27.6 Å². The van der Waals surface area contributed by atoms with Gasteiger partial charge in [0.05, 0.1) is 15.7 Å². The first-order valence-electron chi connectivity index (χ1n) is 7.84. The summed E-state index contributed by atoms with van der Waals surface area (Å²) in [6, 6.07) is 4.55. The van der Waals surface area contributed by atoms with E-state index in [1.165, 1.54) is 7.05 Å². The number of aliphatic carboxylic acids is 1. The molecule has 1 heterocycles. The van der Waals surface area contributed by atoms with E-state index in [0.29, 0.717) is 12.8 Å². The van der Waals surface area contributed by atoms with Crippen LogP contribution in [-0.2, 0) is 19.6 Å². The second kappa shape index (κ2) is 7.79. The molecular formula is C15H19N3O7S. The summed E-state index contributed by atoms with van der Waals surface area (Å²) >= 11 is 0. The summed E-state index contributed by atoms with van der Waals surface area (Å²) in [6.45, 7) is -0.279. The van der Waals surface area contributed by atoms with Crippen LogP contribution in [0, 0.1) is 16.0 Å². The van der Waals surface area contributed by atoms with Crippen molar-refractivity contribution in [3.8, 4) is 0 Å². The average molecular weight is 385 g/mol. The maximum Gasteiger partial charge on any atom is 0.323 e. The van der Waals surface area contributed by atoms with E-state index in [4.69, 9.17) is 5.11 Å². The molecule has 0 aliphatic carbocycles. The van der Waals surface area contributed by atoms with Crippen molar-refractivity contribution in [1.82, 2.24) is 9.21 Å². The Balaban J connectivity index is 2.15. The fraction of sp³-hybridized carbons (Fsp3) is 0.467. The van der Waals surface area contributed by atoms with E-state index in [0.717, 1.165) is 33.5 Å². The second-order valence-corrected chi connectivity index (χ2v) is 7.98. The molecule has 1 aromatic carbocycles. The number of carboxylic acids is 1. The average Bonchev–Trinajstić information content (AvgIpc) is 2.60. The maximum atomic E-state index is 12.7. The number of nitrogens with zero attached hydrogens (tertiary/aromatic N) is 3. The predicted molar refractivity (Wildman–Crippen MR) is 89.9 cm³/mol. The van der Waals surface area contributed by atoms with Crippen molar-refractivity contribution in [1.29, 1.82) is 0 Å². The van der Waals surface area contributed by atoms with E-state index >= 15 is 0 Å². The zero-order valence-electron chi connectivity index (χ0n) is 14.1. The molecule has 11 heteroatoms.